The van der Waals surface area contributed by atoms with E-state index in [4.69, 9.17) is 16.3 Å². The Balaban J connectivity index is 1.81. The fraction of sp³-hybridized carbons (Fsp3) is 0.375. The topological polar surface area (TPSA) is 55.4 Å². The third kappa shape index (κ3) is 4.60. The number of anilines is 1. The molecule has 0 spiro atoms. The lowest BCUT2D eigenvalue weighted by molar-refractivity contribution is -0.151. The summed E-state index contributed by atoms with van der Waals surface area (Å²) in [4.78, 5) is 23.6. The minimum Gasteiger partial charge on any atom is -0.455 e. The number of halogens is 1. The van der Waals surface area contributed by atoms with Crippen LogP contribution >= 0.6 is 11.6 Å². The lowest BCUT2D eigenvalue weighted by atomic mass is 9.95. The summed E-state index contributed by atoms with van der Waals surface area (Å²) in [5.74, 6) is -0.775. The van der Waals surface area contributed by atoms with Crippen molar-refractivity contribution in [3.8, 4) is 0 Å². The second-order valence-corrected chi connectivity index (χ2v) is 5.53. The highest BCUT2D eigenvalue weighted by Gasteiger charge is 2.21. The van der Waals surface area contributed by atoms with Crippen molar-refractivity contribution in [3.63, 3.8) is 0 Å². The molecule has 5 heteroatoms. The molecule has 112 valence electrons. The van der Waals surface area contributed by atoms with E-state index in [1.54, 1.807) is 18.2 Å². The Kier molecular flexibility index (Phi) is 5.39. The van der Waals surface area contributed by atoms with Gasteiger partial charge in [-0.3, -0.25) is 9.59 Å². The number of esters is 1. The highest BCUT2D eigenvalue weighted by molar-refractivity contribution is 6.30. The van der Waals surface area contributed by atoms with E-state index in [1.165, 1.54) is 0 Å². The summed E-state index contributed by atoms with van der Waals surface area (Å²) in [7, 11) is 0. The molecule has 0 aromatic heterocycles. The fourth-order valence-electron chi connectivity index (χ4n) is 2.22. The van der Waals surface area contributed by atoms with Crippen LogP contribution in [0.15, 0.2) is 30.4 Å². The van der Waals surface area contributed by atoms with Crippen molar-refractivity contribution in [2.45, 2.75) is 26.2 Å². The molecule has 1 N–H and O–H groups in total. The van der Waals surface area contributed by atoms with Crippen LogP contribution in [0.2, 0.25) is 5.02 Å². The number of carbonyl (C=O) groups is 2. The standard InChI is InChI=1S/C16H18ClNO3/c1-11-9-13(17)7-8-14(11)18-15(19)10-21-16(20)12-5-3-2-4-6-12/h2-3,7-9,12H,4-6,10H2,1H3,(H,18,19)/t12-/m0/s1. The van der Waals surface area contributed by atoms with Gasteiger partial charge in [-0.05, 0) is 49.9 Å². The zero-order valence-corrected chi connectivity index (χ0v) is 12.7. The van der Waals surface area contributed by atoms with Gasteiger partial charge in [-0.15, -0.1) is 0 Å². The molecule has 0 heterocycles. The summed E-state index contributed by atoms with van der Waals surface area (Å²) in [5, 5.41) is 3.32. The molecule has 0 bridgehead atoms. The van der Waals surface area contributed by atoms with Crippen LogP contribution < -0.4 is 5.32 Å². The van der Waals surface area contributed by atoms with E-state index < -0.39 is 0 Å². The molecule has 1 amide bonds. The number of aryl methyl sites for hydroxylation is 1. The predicted molar refractivity (Wildman–Crippen MR) is 82.3 cm³/mol. The Labute approximate surface area is 129 Å². The van der Waals surface area contributed by atoms with Crippen LogP contribution in [0, 0.1) is 12.8 Å². The van der Waals surface area contributed by atoms with Gasteiger partial charge in [0, 0.05) is 10.7 Å². The molecular weight excluding hydrogens is 290 g/mol. The number of allylic oxidation sites excluding steroid dienone is 2. The molecule has 0 aliphatic heterocycles. The Morgan fingerprint density at radius 2 is 2.19 bits per heavy atom. The Bertz CT molecular complexity index is 569. The highest BCUT2D eigenvalue weighted by Crippen LogP contribution is 2.20. The summed E-state index contributed by atoms with van der Waals surface area (Å²) in [5.41, 5.74) is 1.53. The van der Waals surface area contributed by atoms with E-state index in [0.717, 1.165) is 18.4 Å². The van der Waals surface area contributed by atoms with Crippen LogP contribution in [-0.2, 0) is 14.3 Å². The second-order valence-electron chi connectivity index (χ2n) is 5.10. The maximum absolute atomic E-state index is 11.8. The number of amides is 1. The Morgan fingerprint density at radius 1 is 1.38 bits per heavy atom. The molecule has 0 unspecified atom stereocenters. The molecule has 1 aliphatic rings. The number of rotatable bonds is 4. The molecule has 0 fully saturated rings. The van der Waals surface area contributed by atoms with Gasteiger partial charge in [-0.1, -0.05) is 23.8 Å². The molecule has 1 atom stereocenters. The van der Waals surface area contributed by atoms with Gasteiger partial charge >= 0.3 is 5.97 Å². The van der Waals surface area contributed by atoms with Crippen LogP contribution in [0.5, 0.6) is 0 Å². The molecule has 1 aromatic carbocycles. The van der Waals surface area contributed by atoms with E-state index >= 15 is 0 Å². The van der Waals surface area contributed by atoms with Gasteiger partial charge in [0.05, 0.1) is 5.92 Å². The summed E-state index contributed by atoms with van der Waals surface area (Å²) in [6.07, 6.45) is 6.40. The van der Waals surface area contributed by atoms with Gasteiger partial charge in [-0.25, -0.2) is 0 Å². The van der Waals surface area contributed by atoms with Crippen molar-refractivity contribution in [1.82, 2.24) is 0 Å². The van der Waals surface area contributed by atoms with Crippen molar-refractivity contribution in [2.24, 2.45) is 5.92 Å². The zero-order chi connectivity index (χ0) is 15.2. The van der Waals surface area contributed by atoms with Crippen LogP contribution in [0.25, 0.3) is 0 Å². The first-order chi connectivity index (χ1) is 10.1. The maximum atomic E-state index is 11.8. The second kappa shape index (κ2) is 7.27. The van der Waals surface area contributed by atoms with Crippen molar-refractivity contribution >= 4 is 29.2 Å². The molecule has 2 rings (SSSR count). The number of benzene rings is 1. The lowest BCUT2D eigenvalue weighted by Crippen LogP contribution is -2.25. The molecule has 1 aliphatic carbocycles. The first-order valence-corrected chi connectivity index (χ1v) is 7.31. The van der Waals surface area contributed by atoms with Crippen molar-refractivity contribution in [1.29, 1.82) is 0 Å². The fourth-order valence-corrected chi connectivity index (χ4v) is 2.44. The lowest BCUT2D eigenvalue weighted by Gasteiger charge is -2.16. The minimum absolute atomic E-state index is 0.125. The predicted octanol–water partition coefficient (Wildman–Crippen LogP) is 3.49. The maximum Gasteiger partial charge on any atom is 0.309 e. The van der Waals surface area contributed by atoms with E-state index in [0.29, 0.717) is 17.1 Å². The largest absolute Gasteiger partial charge is 0.455 e. The van der Waals surface area contributed by atoms with Crippen molar-refractivity contribution in [3.05, 3.63) is 40.9 Å². The van der Waals surface area contributed by atoms with E-state index in [-0.39, 0.29) is 24.4 Å². The van der Waals surface area contributed by atoms with E-state index in [9.17, 15) is 9.59 Å². The van der Waals surface area contributed by atoms with Gasteiger partial charge in [0.2, 0.25) is 0 Å². The highest BCUT2D eigenvalue weighted by atomic mass is 35.5. The van der Waals surface area contributed by atoms with Crippen molar-refractivity contribution < 1.29 is 14.3 Å². The molecule has 0 saturated carbocycles. The molecule has 1 aromatic rings. The number of nitrogens with one attached hydrogen (secondary N) is 1. The quantitative estimate of drug-likeness (QED) is 0.684. The minimum atomic E-state index is -0.347. The SMILES string of the molecule is Cc1cc(Cl)ccc1NC(=O)COC(=O)[C@H]1CC=CCC1. The van der Waals surface area contributed by atoms with Gasteiger partial charge < -0.3 is 10.1 Å². The van der Waals surface area contributed by atoms with Crippen LogP contribution in [0.3, 0.4) is 0 Å². The molecule has 0 saturated heterocycles. The number of carbonyl (C=O) groups excluding carboxylic acids is 2. The van der Waals surface area contributed by atoms with Gasteiger partial charge in [-0.2, -0.15) is 0 Å². The molecule has 4 nitrogen and oxygen atoms in total. The average molecular weight is 308 g/mol. The molecule has 21 heavy (non-hydrogen) atoms. The smallest absolute Gasteiger partial charge is 0.309 e. The summed E-state index contributed by atoms with van der Waals surface area (Å²) < 4.78 is 5.07. The first-order valence-electron chi connectivity index (χ1n) is 6.94. The van der Waals surface area contributed by atoms with Gasteiger partial charge in [0.25, 0.3) is 5.91 Å². The number of hydrogen-bond donors (Lipinski definition) is 1. The zero-order valence-electron chi connectivity index (χ0n) is 11.9. The average Bonchev–Trinajstić information content (AvgIpc) is 2.48. The Morgan fingerprint density at radius 3 is 2.86 bits per heavy atom. The van der Waals surface area contributed by atoms with Crippen LogP contribution in [-0.4, -0.2) is 18.5 Å². The third-order valence-electron chi connectivity index (χ3n) is 3.41. The number of hydrogen-bond acceptors (Lipinski definition) is 3. The summed E-state index contributed by atoms with van der Waals surface area (Å²) >= 11 is 5.85. The van der Waals surface area contributed by atoms with Crippen molar-refractivity contribution in [2.75, 3.05) is 11.9 Å². The van der Waals surface area contributed by atoms with E-state index in [1.807, 2.05) is 13.0 Å². The summed E-state index contributed by atoms with van der Waals surface area (Å²) in [6.45, 7) is 1.59. The van der Waals surface area contributed by atoms with Gasteiger partial charge in [0.1, 0.15) is 0 Å². The number of ether oxygens (including phenoxy) is 1. The summed E-state index contributed by atoms with van der Waals surface area (Å²) in [6, 6.07) is 5.19. The van der Waals surface area contributed by atoms with Crippen LogP contribution in [0.4, 0.5) is 5.69 Å². The first kappa shape index (κ1) is 15.6. The monoisotopic (exact) mass is 307 g/mol. The normalized spacial score (nSPS) is 17.3. The Hall–Kier alpha value is -1.81. The third-order valence-corrected chi connectivity index (χ3v) is 3.65. The molecular formula is C16H18ClNO3. The van der Waals surface area contributed by atoms with Crippen LogP contribution in [0.1, 0.15) is 24.8 Å². The van der Waals surface area contributed by atoms with Gasteiger partial charge in [0.15, 0.2) is 6.61 Å². The molecule has 0 radical (unpaired) electrons. The van der Waals surface area contributed by atoms with E-state index in [2.05, 4.69) is 11.4 Å².